The van der Waals surface area contributed by atoms with Gasteiger partial charge in [0.1, 0.15) is 0 Å². The van der Waals surface area contributed by atoms with E-state index in [-0.39, 0.29) is 17.8 Å². The van der Waals surface area contributed by atoms with E-state index in [0.717, 1.165) is 4.70 Å². The molecule has 3 rings (SSSR count). The lowest BCUT2D eigenvalue weighted by Gasteiger charge is -2.07. The predicted octanol–water partition coefficient (Wildman–Crippen LogP) is 3.67. The molecule has 2 aromatic heterocycles. The highest BCUT2D eigenvalue weighted by Gasteiger charge is 2.15. The van der Waals surface area contributed by atoms with Crippen LogP contribution in [0.3, 0.4) is 0 Å². The molecule has 0 unspecified atom stereocenters. The third kappa shape index (κ3) is 2.55. The van der Waals surface area contributed by atoms with Crippen LogP contribution in [0.1, 0.15) is 5.56 Å². The number of thiophene rings is 1. The summed E-state index contributed by atoms with van der Waals surface area (Å²) >= 11 is 7.38. The maximum atomic E-state index is 12.3. The zero-order valence-corrected chi connectivity index (χ0v) is 12.2. The summed E-state index contributed by atoms with van der Waals surface area (Å²) in [4.78, 5) is 22.9. The number of nitrogens with zero attached hydrogens (tertiary/aromatic N) is 2. The van der Waals surface area contributed by atoms with Gasteiger partial charge in [-0.1, -0.05) is 11.6 Å². The van der Waals surface area contributed by atoms with E-state index < -0.39 is 4.92 Å². The average Bonchev–Trinajstić information content (AvgIpc) is 2.91. The van der Waals surface area contributed by atoms with Gasteiger partial charge < -0.3 is 4.57 Å². The first-order chi connectivity index (χ1) is 10.1. The van der Waals surface area contributed by atoms with Gasteiger partial charge in [0.15, 0.2) is 0 Å². The first-order valence-electron chi connectivity index (χ1n) is 6.06. The van der Waals surface area contributed by atoms with Gasteiger partial charge in [-0.25, -0.2) is 0 Å². The Labute approximate surface area is 128 Å². The fourth-order valence-corrected chi connectivity index (χ4v) is 3.14. The third-order valence-electron chi connectivity index (χ3n) is 3.17. The minimum absolute atomic E-state index is 0.0447. The van der Waals surface area contributed by atoms with E-state index in [1.807, 2.05) is 11.4 Å². The Morgan fingerprint density at radius 3 is 2.86 bits per heavy atom. The van der Waals surface area contributed by atoms with Gasteiger partial charge in [0.05, 0.1) is 22.4 Å². The average molecular weight is 321 g/mol. The molecule has 0 N–H and O–H groups in total. The molecule has 1 aromatic carbocycles. The lowest BCUT2D eigenvalue weighted by Crippen LogP contribution is -2.19. The van der Waals surface area contributed by atoms with Crippen LogP contribution in [0.5, 0.6) is 0 Å². The molecule has 0 aliphatic carbocycles. The molecule has 0 saturated heterocycles. The minimum Gasteiger partial charge on any atom is -0.310 e. The van der Waals surface area contributed by atoms with Gasteiger partial charge in [-0.05, 0) is 29.6 Å². The van der Waals surface area contributed by atoms with Gasteiger partial charge in [0.25, 0.3) is 11.2 Å². The van der Waals surface area contributed by atoms with Gasteiger partial charge in [-0.2, -0.15) is 0 Å². The monoisotopic (exact) mass is 320 g/mol. The van der Waals surface area contributed by atoms with Crippen molar-refractivity contribution in [1.82, 2.24) is 4.57 Å². The molecular weight excluding hydrogens is 312 g/mol. The first-order valence-corrected chi connectivity index (χ1v) is 7.31. The Morgan fingerprint density at radius 1 is 1.29 bits per heavy atom. The van der Waals surface area contributed by atoms with Crippen molar-refractivity contribution in [1.29, 1.82) is 0 Å². The Bertz CT molecular complexity index is 901. The molecule has 3 aromatic rings. The second-order valence-corrected chi connectivity index (χ2v) is 5.86. The van der Waals surface area contributed by atoms with Crippen LogP contribution in [0.4, 0.5) is 5.69 Å². The first kappa shape index (κ1) is 13.8. The van der Waals surface area contributed by atoms with Crippen LogP contribution in [0.25, 0.3) is 10.1 Å². The second-order valence-electron chi connectivity index (χ2n) is 4.48. The largest absolute Gasteiger partial charge is 0.310 e. The Balaban J connectivity index is 2.10. The van der Waals surface area contributed by atoms with Crippen LogP contribution in [-0.4, -0.2) is 9.49 Å². The maximum absolute atomic E-state index is 12.3. The molecule has 7 heteroatoms. The lowest BCUT2D eigenvalue weighted by atomic mass is 10.1. The van der Waals surface area contributed by atoms with Crippen molar-refractivity contribution in [3.8, 4) is 0 Å². The number of fused-ring (bicyclic) bond motifs is 1. The molecule has 21 heavy (non-hydrogen) atoms. The van der Waals surface area contributed by atoms with Crippen LogP contribution >= 0.6 is 22.9 Å². The molecule has 2 heterocycles. The molecule has 5 nitrogen and oxygen atoms in total. The van der Waals surface area contributed by atoms with Crippen molar-refractivity contribution in [2.75, 3.05) is 0 Å². The number of benzene rings is 1. The molecule has 0 aliphatic rings. The fourth-order valence-electron chi connectivity index (χ4n) is 2.17. The highest BCUT2D eigenvalue weighted by Crippen LogP contribution is 2.24. The molecule has 0 radical (unpaired) electrons. The molecule has 0 amide bonds. The van der Waals surface area contributed by atoms with Crippen molar-refractivity contribution in [2.24, 2.45) is 0 Å². The zero-order chi connectivity index (χ0) is 15.0. The SMILES string of the molecule is O=c1c2ccsc2ccn1Cc1cc(Cl)ccc1[N+](=O)[O-]. The quantitative estimate of drug-likeness (QED) is 0.546. The van der Waals surface area contributed by atoms with Gasteiger partial charge in [0.2, 0.25) is 0 Å². The van der Waals surface area contributed by atoms with Crippen molar-refractivity contribution in [3.63, 3.8) is 0 Å². The fraction of sp³-hybridized carbons (Fsp3) is 0.0714. The van der Waals surface area contributed by atoms with Crippen LogP contribution < -0.4 is 5.56 Å². The molecule has 0 spiro atoms. The maximum Gasteiger partial charge on any atom is 0.274 e. The third-order valence-corrected chi connectivity index (χ3v) is 4.29. The standard InChI is InChI=1S/C14H9ClN2O3S/c15-10-1-2-12(17(19)20)9(7-10)8-16-5-3-13-11(14(16)18)4-6-21-13/h1-7H,8H2. The molecule has 0 saturated carbocycles. The van der Waals surface area contributed by atoms with Crippen LogP contribution in [0.15, 0.2) is 46.7 Å². The van der Waals surface area contributed by atoms with Crippen LogP contribution in [0.2, 0.25) is 5.02 Å². The zero-order valence-electron chi connectivity index (χ0n) is 10.7. The van der Waals surface area contributed by atoms with E-state index in [1.165, 1.54) is 34.1 Å². The van der Waals surface area contributed by atoms with E-state index in [9.17, 15) is 14.9 Å². The Kier molecular flexibility index (Phi) is 3.48. The van der Waals surface area contributed by atoms with Gasteiger partial charge in [-0.15, -0.1) is 11.3 Å². The molecule has 0 fully saturated rings. The van der Waals surface area contributed by atoms with Crippen molar-refractivity contribution in [3.05, 3.63) is 73.0 Å². The summed E-state index contributed by atoms with van der Waals surface area (Å²) < 4.78 is 2.35. The van der Waals surface area contributed by atoms with E-state index in [2.05, 4.69) is 0 Å². The predicted molar refractivity (Wildman–Crippen MR) is 83.3 cm³/mol. The van der Waals surface area contributed by atoms with Gasteiger partial charge >= 0.3 is 0 Å². The highest BCUT2D eigenvalue weighted by molar-refractivity contribution is 7.17. The normalized spacial score (nSPS) is 10.9. The Hall–Kier alpha value is -2.18. The van der Waals surface area contributed by atoms with Crippen LogP contribution in [0, 0.1) is 10.1 Å². The number of nitro groups is 1. The number of hydrogen-bond donors (Lipinski definition) is 0. The summed E-state index contributed by atoms with van der Waals surface area (Å²) in [6.45, 7) is 0.113. The summed E-state index contributed by atoms with van der Waals surface area (Å²) in [5, 5.41) is 13.9. The van der Waals surface area contributed by atoms with Crippen molar-refractivity contribution >= 4 is 38.7 Å². The summed E-state index contributed by atoms with van der Waals surface area (Å²) in [6, 6.07) is 7.92. The molecular formula is C14H9ClN2O3S. The molecule has 0 aliphatic heterocycles. The number of rotatable bonds is 3. The van der Waals surface area contributed by atoms with Gasteiger partial charge in [-0.3, -0.25) is 14.9 Å². The molecule has 0 atom stereocenters. The number of pyridine rings is 1. The summed E-state index contributed by atoms with van der Waals surface area (Å²) in [7, 11) is 0. The van der Waals surface area contributed by atoms with Gasteiger partial charge in [0, 0.05) is 22.0 Å². The van der Waals surface area contributed by atoms with E-state index >= 15 is 0 Å². The van der Waals surface area contributed by atoms with Crippen LogP contribution in [-0.2, 0) is 6.54 Å². The minimum atomic E-state index is -0.472. The molecule has 106 valence electrons. The van der Waals surface area contributed by atoms with Crippen molar-refractivity contribution < 1.29 is 4.92 Å². The second kappa shape index (κ2) is 5.31. The summed E-state index contributed by atoms with van der Waals surface area (Å²) in [6.07, 6.45) is 1.64. The highest BCUT2D eigenvalue weighted by atomic mass is 35.5. The topological polar surface area (TPSA) is 65.1 Å². The molecule has 0 bridgehead atoms. The summed E-state index contributed by atoms with van der Waals surface area (Å²) in [5.41, 5.74) is 0.198. The number of nitro benzene ring substituents is 1. The smallest absolute Gasteiger partial charge is 0.274 e. The number of hydrogen-bond acceptors (Lipinski definition) is 4. The lowest BCUT2D eigenvalue weighted by molar-refractivity contribution is -0.385. The Morgan fingerprint density at radius 2 is 2.10 bits per heavy atom. The van der Waals surface area contributed by atoms with E-state index in [1.54, 1.807) is 12.3 Å². The van der Waals surface area contributed by atoms with E-state index in [4.69, 9.17) is 11.6 Å². The van der Waals surface area contributed by atoms with Crippen molar-refractivity contribution in [2.45, 2.75) is 6.54 Å². The number of halogens is 1. The summed E-state index contributed by atoms with van der Waals surface area (Å²) in [5.74, 6) is 0. The van der Waals surface area contributed by atoms with E-state index in [0.29, 0.717) is 16.0 Å². The number of aromatic nitrogens is 1.